The van der Waals surface area contributed by atoms with Crippen molar-refractivity contribution in [1.82, 2.24) is 4.90 Å². The van der Waals surface area contributed by atoms with Gasteiger partial charge in [0.2, 0.25) is 0 Å². The highest BCUT2D eigenvalue weighted by Gasteiger charge is 2.36. The number of hydrogen-bond donors (Lipinski definition) is 1. The fourth-order valence-corrected chi connectivity index (χ4v) is 3.13. The molecule has 86 valence electrons. The van der Waals surface area contributed by atoms with Gasteiger partial charge in [0.1, 0.15) is 0 Å². The van der Waals surface area contributed by atoms with Crippen molar-refractivity contribution in [3.63, 3.8) is 0 Å². The van der Waals surface area contributed by atoms with E-state index in [1.807, 2.05) is 0 Å². The lowest BCUT2D eigenvalue weighted by Crippen LogP contribution is -2.54. The van der Waals surface area contributed by atoms with Crippen LogP contribution in [-0.2, 0) is 13.1 Å². The summed E-state index contributed by atoms with van der Waals surface area (Å²) >= 11 is 0. The molecule has 0 spiro atoms. The van der Waals surface area contributed by atoms with Crippen LogP contribution in [0.5, 0.6) is 0 Å². The predicted molar refractivity (Wildman–Crippen MR) is 65.7 cm³/mol. The van der Waals surface area contributed by atoms with Crippen LogP contribution < -0.4 is 5.73 Å². The first-order valence-electron chi connectivity index (χ1n) is 6.39. The van der Waals surface area contributed by atoms with Gasteiger partial charge in [0.15, 0.2) is 0 Å². The molecule has 0 saturated heterocycles. The summed E-state index contributed by atoms with van der Waals surface area (Å²) in [6, 6.07) is 8.74. The third-order valence-corrected chi connectivity index (χ3v) is 4.19. The van der Waals surface area contributed by atoms with E-state index in [-0.39, 0.29) is 5.66 Å². The van der Waals surface area contributed by atoms with Crippen molar-refractivity contribution < 1.29 is 0 Å². The Morgan fingerprint density at radius 3 is 2.06 bits per heavy atom. The van der Waals surface area contributed by atoms with Crippen molar-refractivity contribution in [2.45, 2.75) is 50.9 Å². The summed E-state index contributed by atoms with van der Waals surface area (Å²) in [6.07, 6.45) is 6.29. The molecule has 0 amide bonds. The Bertz CT molecular complexity index is 355. The summed E-state index contributed by atoms with van der Waals surface area (Å²) in [5.41, 5.74) is 9.48. The molecule has 1 aliphatic carbocycles. The van der Waals surface area contributed by atoms with Gasteiger partial charge in [0, 0.05) is 13.1 Å². The molecule has 1 saturated carbocycles. The zero-order valence-corrected chi connectivity index (χ0v) is 9.78. The molecule has 0 unspecified atom stereocenters. The summed E-state index contributed by atoms with van der Waals surface area (Å²) in [7, 11) is 0. The van der Waals surface area contributed by atoms with Crippen LogP contribution in [-0.4, -0.2) is 10.6 Å². The van der Waals surface area contributed by atoms with E-state index >= 15 is 0 Å². The minimum absolute atomic E-state index is 0.0305. The van der Waals surface area contributed by atoms with Crippen LogP contribution in [0.4, 0.5) is 0 Å². The van der Waals surface area contributed by atoms with E-state index in [0.29, 0.717) is 0 Å². The smallest absolute Gasteiger partial charge is 0.0693 e. The van der Waals surface area contributed by atoms with Gasteiger partial charge in [-0.25, -0.2) is 0 Å². The van der Waals surface area contributed by atoms with E-state index in [1.165, 1.54) is 43.2 Å². The second kappa shape index (κ2) is 3.86. The molecule has 0 radical (unpaired) electrons. The molecule has 1 heterocycles. The Labute approximate surface area is 97.4 Å². The lowest BCUT2D eigenvalue weighted by Gasteiger charge is -2.41. The molecule has 0 aromatic heterocycles. The predicted octanol–water partition coefficient (Wildman–Crippen LogP) is 2.62. The first-order valence-corrected chi connectivity index (χ1v) is 6.39. The highest BCUT2D eigenvalue weighted by Crippen LogP contribution is 2.35. The number of nitrogens with two attached hydrogens (primary N) is 1. The molecule has 3 rings (SSSR count). The Morgan fingerprint density at radius 1 is 0.938 bits per heavy atom. The van der Waals surface area contributed by atoms with Crippen molar-refractivity contribution in [2.24, 2.45) is 5.73 Å². The lowest BCUT2D eigenvalue weighted by molar-refractivity contribution is 0.0520. The number of hydrogen-bond acceptors (Lipinski definition) is 2. The summed E-state index contributed by atoms with van der Waals surface area (Å²) in [5.74, 6) is 0. The zero-order valence-electron chi connectivity index (χ0n) is 9.78. The Hall–Kier alpha value is -0.860. The second-order valence-electron chi connectivity index (χ2n) is 5.29. The molecule has 1 aromatic rings. The van der Waals surface area contributed by atoms with E-state index in [4.69, 9.17) is 5.73 Å². The molecular weight excluding hydrogens is 196 g/mol. The van der Waals surface area contributed by atoms with Crippen LogP contribution in [0.3, 0.4) is 0 Å². The molecule has 1 aromatic carbocycles. The number of nitrogens with zero attached hydrogens (tertiary/aromatic N) is 1. The summed E-state index contributed by atoms with van der Waals surface area (Å²) in [4.78, 5) is 2.48. The maximum absolute atomic E-state index is 6.57. The van der Waals surface area contributed by atoms with Gasteiger partial charge in [0.05, 0.1) is 5.66 Å². The SMILES string of the molecule is NC1(N2Cc3ccccc3C2)CCCCC1. The van der Waals surface area contributed by atoms with E-state index < -0.39 is 0 Å². The molecule has 2 heteroatoms. The number of benzene rings is 1. The van der Waals surface area contributed by atoms with E-state index in [1.54, 1.807) is 0 Å². The van der Waals surface area contributed by atoms with E-state index in [0.717, 1.165) is 13.1 Å². The highest BCUT2D eigenvalue weighted by molar-refractivity contribution is 5.30. The van der Waals surface area contributed by atoms with Gasteiger partial charge in [-0.2, -0.15) is 0 Å². The first kappa shape index (κ1) is 10.3. The normalized spacial score (nSPS) is 24.3. The van der Waals surface area contributed by atoms with E-state index in [2.05, 4.69) is 29.2 Å². The van der Waals surface area contributed by atoms with Gasteiger partial charge in [-0.05, 0) is 24.0 Å². The van der Waals surface area contributed by atoms with Gasteiger partial charge in [-0.15, -0.1) is 0 Å². The quantitative estimate of drug-likeness (QED) is 0.782. The second-order valence-corrected chi connectivity index (χ2v) is 5.29. The standard InChI is InChI=1S/C14H20N2/c15-14(8-4-1-5-9-14)16-10-12-6-2-3-7-13(12)11-16/h2-3,6-7H,1,4-5,8-11,15H2. The summed E-state index contributed by atoms with van der Waals surface area (Å²) in [6.45, 7) is 2.10. The maximum Gasteiger partial charge on any atom is 0.0693 e. The van der Waals surface area contributed by atoms with Crippen LogP contribution in [0, 0.1) is 0 Å². The van der Waals surface area contributed by atoms with E-state index in [9.17, 15) is 0 Å². The van der Waals surface area contributed by atoms with Gasteiger partial charge >= 0.3 is 0 Å². The summed E-state index contributed by atoms with van der Waals surface area (Å²) < 4.78 is 0. The monoisotopic (exact) mass is 216 g/mol. The van der Waals surface area contributed by atoms with Crippen molar-refractivity contribution >= 4 is 0 Å². The molecule has 2 nitrogen and oxygen atoms in total. The van der Waals surface area contributed by atoms with Gasteiger partial charge in [-0.3, -0.25) is 4.90 Å². The van der Waals surface area contributed by atoms with Crippen LogP contribution in [0.1, 0.15) is 43.2 Å². The number of rotatable bonds is 1. The van der Waals surface area contributed by atoms with Crippen LogP contribution >= 0.6 is 0 Å². The molecule has 16 heavy (non-hydrogen) atoms. The molecular formula is C14H20N2. The molecule has 0 atom stereocenters. The minimum Gasteiger partial charge on any atom is -0.313 e. The topological polar surface area (TPSA) is 29.3 Å². The Kier molecular flexibility index (Phi) is 2.49. The molecule has 1 aliphatic heterocycles. The zero-order chi connectivity index (χ0) is 11.0. The average molecular weight is 216 g/mol. The fourth-order valence-electron chi connectivity index (χ4n) is 3.13. The Morgan fingerprint density at radius 2 is 1.50 bits per heavy atom. The average Bonchev–Trinajstić information content (AvgIpc) is 2.74. The minimum atomic E-state index is -0.0305. The Balaban J connectivity index is 1.80. The molecule has 1 fully saturated rings. The third-order valence-electron chi connectivity index (χ3n) is 4.19. The van der Waals surface area contributed by atoms with Gasteiger partial charge in [-0.1, -0.05) is 43.5 Å². The van der Waals surface area contributed by atoms with Crippen molar-refractivity contribution in [3.8, 4) is 0 Å². The van der Waals surface area contributed by atoms with Gasteiger partial charge in [0.25, 0.3) is 0 Å². The molecule has 0 bridgehead atoms. The summed E-state index contributed by atoms with van der Waals surface area (Å²) in [5, 5.41) is 0. The highest BCUT2D eigenvalue weighted by atomic mass is 15.3. The molecule has 2 aliphatic rings. The molecule has 2 N–H and O–H groups in total. The largest absolute Gasteiger partial charge is 0.313 e. The van der Waals surface area contributed by atoms with Gasteiger partial charge < -0.3 is 5.73 Å². The van der Waals surface area contributed by atoms with Crippen LogP contribution in [0.15, 0.2) is 24.3 Å². The van der Waals surface area contributed by atoms with Crippen LogP contribution in [0.25, 0.3) is 0 Å². The first-order chi connectivity index (χ1) is 7.78. The fraction of sp³-hybridized carbons (Fsp3) is 0.571. The van der Waals surface area contributed by atoms with Crippen molar-refractivity contribution in [1.29, 1.82) is 0 Å². The van der Waals surface area contributed by atoms with Crippen LogP contribution in [0.2, 0.25) is 0 Å². The lowest BCUT2D eigenvalue weighted by atomic mass is 9.88. The third kappa shape index (κ3) is 1.66. The van der Waals surface area contributed by atoms with Crippen molar-refractivity contribution in [3.05, 3.63) is 35.4 Å². The maximum atomic E-state index is 6.57. The van der Waals surface area contributed by atoms with Crippen molar-refractivity contribution in [2.75, 3.05) is 0 Å². The number of fused-ring (bicyclic) bond motifs is 1.